The summed E-state index contributed by atoms with van der Waals surface area (Å²) in [4.78, 5) is 26.4. The summed E-state index contributed by atoms with van der Waals surface area (Å²) >= 11 is 0. The number of hydrogen-bond donors (Lipinski definition) is 2. The lowest BCUT2D eigenvalue weighted by Crippen LogP contribution is -2.43. The molecule has 0 aliphatic carbocycles. The molecule has 0 aromatic heterocycles. The maximum absolute atomic E-state index is 13.7. The summed E-state index contributed by atoms with van der Waals surface area (Å²) in [7, 11) is 1.56. The number of benzene rings is 2. The van der Waals surface area contributed by atoms with Gasteiger partial charge in [-0.05, 0) is 50.1 Å². The molecule has 0 fully saturated rings. The van der Waals surface area contributed by atoms with Crippen LogP contribution in [0, 0.1) is 24.4 Å². The third-order valence-corrected chi connectivity index (χ3v) is 4.92. The zero-order chi connectivity index (χ0) is 22.6. The van der Waals surface area contributed by atoms with E-state index in [9.17, 15) is 22.8 Å². The monoisotopic (exact) mass is 421 g/mol. The fourth-order valence-corrected chi connectivity index (χ4v) is 2.95. The zero-order valence-electron chi connectivity index (χ0n) is 17.6. The van der Waals surface area contributed by atoms with Gasteiger partial charge in [-0.2, -0.15) is 0 Å². The first kappa shape index (κ1) is 23.4. The second kappa shape index (κ2) is 9.75. The number of nitrogens with one attached hydrogen (secondary N) is 2. The van der Waals surface area contributed by atoms with Crippen LogP contribution >= 0.6 is 0 Å². The molecule has 2 amide bonds. The van der Waals surface area contributed by atoms with Gasteiger partial charge in [-0.15, -0.1) is 0 Å². The quantitative estimate of drug-likeness (QED) is 0.650. The van der Waals surface area contributed by atoms with Gasteiger partial charge in [0, 0.05) is 5.69 Å². The number of carbonyl (C=O) groups excluding carboxylic acids is 2. The SMILES string of the molecule is Cc1cccc(C(C)C)c1NC(=O)[C@@H](C)N(C)CC(=O)Nc1ccc(F)c(F)c1F. The van der Waals surface area contributed by atoms with Crippen molar-refractivity contribution >= 4 is 23.2 Å². The number of hydrogen-bond acceptors (Lipinski definition) is 3. The van der Waals surface area contributed by atoms with Gasteiger partial charge in [0.2, 0.25) is 11.8 Å². The molecule has 0 aliphatic rings. The van der Waals surface area contributed by atoms with E-state index in [2.05, 4.69) is 10.6 Å². The minimum absolute atomic E-state index is 0.213. The Morgan fingerprint density at radius 1 is 1.00 bits per heavy atom. The molecule has 2 rings (SSSR count). The molecule has 0 radical (unpaired) electrons. The van der Waals surface area contributed by atoms with Crippen molar-refractivity contribution in [3.05, 3.63) is 58.9 Å². The fraction of sp³-hybridized carbons (Fsp3) is 0.364. The number of anilines is 2. The first-order valence-electron chi connectivity index (χ1n) is 9.56. The van der Waals surface area contributed by atoms with Gasteiger partial charge in [0.25, 0.3) is 0 Å². The first-order chi connectivity index (χ1) is 14.0. The summed E-state index contributed by atoms with van der Waals surface area (Å²) in [5.74, 6) is -5.23. The molecule has 2 aromatic carbocycles. The van der Waals surface area contributed by atoms with E-state index in [1.807, 2.05) is 39.0 Å². The van der Waals surface area contributed by atoms with Crippen LogP contribution in [0.4, 0.5) is 24.5 Å². The molecule has 30 heavy (non-hydrogen) atoms. The van der Waals surface area contributed by atoms with Gasteiger partial charge >= 0.3 is 0 Å². The lowest BCUT2D eigenvalue weighted by atomic mass is 9.98. The third-order valence-electron chi connectivity index (χ3n) is 4.92. The summed E-state index contributed by atoms with van der Waals surface area (Å²) < 4.78 is 40.0. The summed E-state index contributed by atoms with van der Waals surface area (Å²) in [6.45, 7) is 7.34. The second-order valence-corrected chi connectivity index (χ2v) is 7.55. The highest BCUT2D eigenvalue weighted by molar-refractivity contribution is 5.97. The lowest BCUT2D eigenvalue weighted by molar-refractivity contribution is -0.122. The number of nitrogens with zero attached hydrogens (tertiary/aromatic N) is 1. The molecule has 5 nitrogen and oxygen atoms in total. The van der Waals surface area contributed by atoms with E-state index in [0.29, 0.717) is 0 Å². The molecular weight excluding hydrogens is 395 g/mol. The van der Waals surface area contributed by atoms with E-state index in [1.54, 1.807) is 14.0 Å². The third kappa shape index (κ3) is 5.38. The van der Waals surface area contributed by atoms with E-state index >= 15 is 0 Å². The number of para-hydroxylation sites is 1. The van der Waals surface area contributed by atoms with Crippen molar-refractivity contribution in [1.82, 2.24) is 4.90 Å². The largest absolute Gasteiger partial charge is 0.324 e. The molecule has 0 aliphatic heterocycles. The molecular formula is C22H26F3N3O2. The molecule has 0 spiro atoms. The van der Waals surface area contributed by atoms with Crippen LogP contribution < -0.4 is 10.6 Å². The summed E-state index contributed by atoms with van der Waals surface area (Å²) in [6, 6.07) is 6.77. The van der Waals surface area contributed by atoms with Crippen LogP contribution in [0.3, 0.4) is 0 Å². The molecule has 2 aromatic rings. The van der Waals surface area contributed by atoms with Gasteiger partial charge in [0.1, 0.15) is 0 Å². The number of amides is 2. The maximum Gasteiger partial charge on any atom is 0.241 e. The molecule has 0 bridgehead atoms. The number of likely N-dealkylation sites (N-methyl/N-ethyl adjacent to an activating group) is 1. The van der Waals surface area contributed by atoms with E-state index in [0.717, 1.165) is 28.9 Å². The van der Waals surface area contributed by atoms with Gasteiger partial charge in [-0.1, -0.05) is 32.0 Å². The predicted octanol–water partition coefficient (Wildman–Crippen LogP) is 4.43. The number of rotatable bonds is 7. The normalized spacial score (nSPS) is 12.2. The van der Waals surface area contributed by atoms with Gasteiger partial charge in [0.05, 0.1) is 18.3 Å². The Bertz CT molecular complexity index is 947. The lowest BCUT2D eigenvalue weighted by Gasteiger charge is -2.25. The van der Waals surface area contributed by atoms with Gasteiger partial charge < -0.3 is 10.6 Å². The van der Waals surface area contributed by atoms with E-state index in [1.165, 1.54) is 4.90 Å². The van der Waals surface area contributed by atoms with Crippen molar-refractivity contribution in [1.29, 1.82) is 0 Å². The van der Waals surface area contributed by atoms with Crippen LogP contribution in [0.2, 0.25) is 0 Å². The molecule has 0 unspecified atom stereocenters. The molecule has 162 valence electrons. The Hall–Kier alpha value is -2.87. The van der Waals surface area contributed by atoms with Crippen LogP contribution in [0.15, 0.2) is 30.3 Å². The Balaban J connectivity index is 2.04. The van der Waals surface area contributed by atoms with Gasteiger partial charge in [0.15, 0.2) is 17.5 Å². The molecule has 0 saturated carbocycles. The highest BCUT2D eigenvalue weighted by Gasteiger charge is 2.23. The van der Waals surface area contributed by atoms with Crippen molar-refractivity contribution in [3.63, 3.8) is 0 Å². The fourth-order valence-electron chi connectivity index (χ4n) is 2.95. The average Bonchev–Trinajstić information content (AvgIpc) is 2.68. The molecule has 8 heteroatoms. The van der Waals surface area contributed by atoms with Crippen LogP contribution in [0.25, 0.3) is 0 Å². The van der Waals surface area contributed by atoms with E-state index in [-0.39, 0.29) is 18.4 Å². The van der Waals surface area contributed by atoms with Crippen LogP contribution in [0.1, 0.15) is 37.8 Å². The summed E-state index contributed by atoms with van der Waals surface area (Å²) in [6.07, 6.45) is 0. The smallest absolute Gasteiger partial charge is 0.241 e. The van der Waals surface area contributed by atoms with Crippen LogP contribution in [-0.4, -0.2) is 36.3 Å². The highest BCUT2D eigenvalue weighted by Crippen LogP contribution is 2.27. The van der Waals surface area contributed by atoms with Crippen molar-refractivity contribution in [2.45, 2.75) is 39.7 Å². The predicted molar refractivity (Wildman–Crippen MR) is 111 cm³/mol. The minimum atomic E-state index is -1.66. The Labute approximate surface area is 174 Å². The van der Waals surface area contributed by atoms with Crippen molar-refractivity contribution in [2.75, 3.05) is 24.2 Å². The Kier molecular flexibility index (Phi) is 7.61. The minimum Gasteiger partial charge on any atom is -0.324 e. The summed E-state index contributed by atoms with van der Waals surface area (Å²) in [5.41, 5.74) is 2.21. The van der Waals surface area contributed by atoms with E-state index in [4.69, 9.17) is 0 Å². The molecule has 2 N–H and O–H groups in total. The number of aryl methyl sites for hydroxylation is 1. The Morgan fingerprint density at radius 2 is 1.67 bits per heavy atom. The van der Waals surface area contributed by atoms with Crippen LogP contribution in [0.5, 0.6) is 0 Å². The molecule has 0 heterocycles. The Morgan fingerprint density at radius 3 is 2.30 bits per heavy atom. The number of halogens is 3. The van der Waals surface area contributed by atoms with Gasteiger partial charge in [-0.3, -0.25) is 14.5 Å². The van der Waals surface area contributed by atoms with Crippen molar-refractivity contribution in [2.24, 2.45) is 0 Å². The standard InChI is InChI=1S/C22H26F3N3O2/c1-12(2)15-8-6-7-13(3)21(15)27-22(30)14(4)28(5)11-18(29)26-17-10-9-16(23)19(24)20(17)25/h6-10,12,14H,11H2,1-5H3,(H,26,29)(H,27,30)/t14-/m1/s1. The molecule has 0 saturated heterocycles. The topological polar surface area (TPSA) is 61.4 Å². The number of carbonyl (C=O) groups is 2. The van der Waals surface area contributed by atoms with Crippen molar-refractivity contribution in [3.8, 4) is 0 Å². The maximum atomic E-state index is 13.7. The van der Waals surface area contributed by atoms with E-state index < -0.39 is 35.1 Å². The highest BCUT2D eigenvalue weighted by atomic mass is 19.2. The average molecular weight is 421 g/mol. The molecule has 1 atom stereocenters. The zero-order valence-corrected chi connectivity index (χ0v) is 17.6. The van der Waals surface area contributed by atoms with Crippen molar-refractivity contribution < 1.29 is 22.8 Å². The van der Waals surface area contributed by atoms with Gasteiger partial charge in [-0.25, -0.2) is 13.2 Å². The second-order valence-electron chi connectivity index (χ2n) is 7.55. The first-order valence-corrected chi connectivity index (χ1v) is 9.56. The summed E-state index contributed by atoms with van der Waals surface area (Å²) in [5, 5.41) is 5.11. The van der Waals surface area contributed by atoms with Crippen LogP contribution in [-0.2, 0) is 9.59 Å².